The molecule has 4 rings (SSSR count). The summed E-state index contributed by atoms with van der Waals surface area (Å²) in [6.07, 6.45) is 9.87. The molecule has 0 nitrogen and oxygen atoms in total. The van der Waals surface area contributed by atoms with Crippen LogP contribution < -0.4 is 0 Å². The van der Waals surface area contributed by atoms with Gasteiger partial charge in [0.15, 0.2) is 0 Å². The third kappa shape index (κ3) is 4.00. The lowest BCUT2D eigenvalue weighted by Crippen LogP contribution is -2.25. The maximum Gasteiger partial charge on any atom is 0.126 e. The summed E-state index contributed by atoms with van der Waals surface area (Å²) in [5.74, 6) is 1.83. The average Bonchev–Trinajstić information content (AvgIpc) is 2.68. The van der Waals surface area contributed by atoms with Gasteiger partial charge < -0.3 is 0 Å². The molecule has 0 heterocycles. The number of halogens is 2. The Labute approximate surface area is 155 Å². The Balaban J connectivity index is 1.30. The van der Waals surface area contributed by atoms with E-state index >= 15 is 0 Å². The monoisotopic (exact) mass is 354 g/mol. The van der Waals surface area contributed by atoms with Crippen LogP contribution in [0.5, 0.6) is 0 Å². The Bertz CT molecular complexity index is 688. The van der Waals surface area contributed by atoms with Crippen LogP contribution in [0.3, 0.4) is 0 Å². The molecule has 138 valence electrons. The van der Waals surface area contributed by atoms with Gasteiger partial charge in [-0.15, -0.1) is 0 Å². The van der Waals surface area contributed by atoms with Crippen molar-refractivity contribution in [2.75, 3.05) is 0 Å². The number of benzene rings is 2. The van der Waals surface area contributed by atoms with Gasteiger partial charge in [-0.1, -0.05) is 30.3 Å². The van der Waals surface area contributed by atoms with Crippen LogP contribution >= 0.6 is 0 Å². The van der Waals surface area contributed by atoms with Crippen molar-refractivity contribution in [3.8, 4) is 0 Å². The summed E-state index contributed by atoms with van der Waals surface area (Å²) in [6.45, 7) is 0. The van der Waals surface area contributed by atoms with Gasteiger partial charge in [0.05, 0.1) is 0 Å². The predicted octanol–water partition coefficient (Wildman–Crippen LogP) is 7.21. The van der Waals surface area contributed by atoms with Gasteiger partial charge in [-0.25, -0.2) is 8.78 Å². The normalized spacial score (nSPS) is 29.5. The van der Waals surface area contributed by atoms with Crippen LogP contribution in [-0.2, 0) is 0 Å². The molecule has 0 N–H and O–H groups in total. The Kier molecular flexibility index (Phi) is 5.38. The first kappa shape index (κ1) is 17.7. The minimum absolute atomic E-state index is 0.331. The van der Waals surface area contributed by atoms with Crippen LogP contribution in [0.2, 0.25) is 0 Å². The van der Waals surface area contributed by atoms with E-state index < -0.39 is 11.6 Å². The van der Waals surface area contributed by atoms with E-state index in [0.29, 0.717) is 5.92 Å². The smallest absolute Gasteiger partial charge is 0.126 e. The third-order valence-electron chi connectivity index (χ3n) is 6.84. The lowest BCUT2D eigenvalue weighted by Gasteiger charge is -2.38. The van der Waals surface area contributed by atoms with Gasteiger partial charge in [-0.2, -0.15) is 0 Å². The van der Waals surface area contributed by atoms with Crippen LogP contribution in [0.15, 0.2) is 48.5 Å². The van der Waals surface area contributed by atoms with E-state index in [1.54, 1.807) is 0 Å². The van der Waals surface area contributed by atoms with E-state index in [9.17, 15) is 8.78 Å². The van der Waals surface area contributed by atoms with E-state index in [1.807, 2.05) is 0 Å². The van der Waals surface area contributed by atoms with Gasteiger partial charge in [0.25, 0.3) is 0 Å². The maximum atomic E-state index is 13.5. The van der Waals surface area contributed by atoms with Gasteiger partial charge in [-0.3, -0.25) is 0 Å². The van der Waals surface area contributed by atoms with Crippen molar-refractivity contribution in [2.45, 2.75) is 63.2 Å². The van der Waals surface area contributed by atoms with Crippen LogP contribution in [0.25, 0.3) is 0 Å². The summed E-state index contributed by atoms with van der Waals surface area (Å²) in [5.41, 5.74) is 2.36. The predicted molar refractivity (Wildman–Crippen MR) is 102 cm³/mol. The molecule has 0 bridgehead atoms. The fourth-order valence-electron chi connectivity index (χ4n) is 5.38. The molecule has 0 atom stereocenters. The molecule has 2 saturated carbocycles. The van der Waals surface area contributed by atoms with Gasteiger partial charge in [0.1, 0.15) is 11.6 Å². The highest BCUT2D eigenvalue weighted by molar-refractivity contribution is 5.23. The van der Waals surface area contributed by atoms with Gasteiger partial charge in [-0.05, 0) is 98.3 Å². The molecular formula is C24H28F2. The molecule has 0 aliphatic heterocycles. The van der Waals surface area contributed by atoms with E-state index in [1.165, 1.54) is 56.2 Å². The van der Waals surface area contributed by atoms with Gasteiger partial charge >= 0.3 is 0 Å². The van der Waals surface area contributed by atoms with Crippen LogP contribution in [0, 0.1) is 23.5 Å². The number of hydrogen-bond acceptors (Lipinski definition) is 0. The van der Waals surface area contributed by atoms with Gasteiger partial charge in [0, 0.05) is 6.07 Å². The number of rotatable bonds is 3. The second-order valence-electron chi connectivity index (χ2n) is 8.34. The molecule has 2 heteroatoms. The van der Waals surface area contributed by atoms with Crippen molar-refractivity contribution < 1.29 is 8.78 Å². The molecule has 0 amide bonds. The summed E-state index contributed by atoms with van der Waals surface area (Å²) >= 11 is 0. The summed E-state index contributed by atoms with van der Waals surface area (Å²) in [5, 5.41) is 0. The Morgan fingerprint density at radius 2 is 1.00 bits per heavy atom. The highest BCUT2D eigenvalue weighted by Crippen LogP contribution is 2.45. The molecule has 2 aromatic rings. The molecule has 0 aromatic heterocycles. The zero-order valence-electron chi connectivity index (χ0n) is 15.3. The molecule has 0 unspecified atom stereocenters. The molecule has 2 aliphatic rings. The van der Waals surface area contributed by atoms with E-state index in [0.717, 1.165) is 42.2 Å². The lowest BCUT2D eigenvalue weighted by atomic mass is 9.67. The second-order valence-corrected chi connectivity index (χ2v) is 8.34. The summed E-state index contributed by atoms with van der Waals surface area (Å²) in [4.78, 5) is 0. The maximum absolute atomic E-state index is 13.5. The van der Waals surface area contributed by atoms with Crippen LogP contribution in [0.1, 0.15) is 74.3 Å². The minimum atomic E-state index is -0.443. The molecular weight excluding hydrogens is 326 g/mol. The molecule has 0 spiro atoms. The van der Waals surface area contributed by atoms with E-state index in [-0.39, 0.29) is 0 Å². The zero-order valence-corrected chi connectivity index (χ0v) is 15.3. The average molecular weight is 354 g/mol. The topological polar surface area (TPSA) is 0 Å². The first-order chi connectivity index (χ1) is 12.7. The molecule has 2 fully saturated rings. The fourth-order valence-corrected chi connectivity index (χ4v) is 5.38. The largest absolute Gasteiger partial charge is 0.207 e. The summed E-state index contributed by atoms with van der Waals surface area (Å²) in [7, 11) is 0. The quantitative estimate of drug-likeness (QED) is 0.546. The third-order valence-corrected chi connectivity index (χ3v) is 6.84. The molecule has 26 heavy (non-hydrogen) atoms. The molecule has 0 radical (unpaired) electrons. The molecule has 0 saturated heterocycles. The van der Waals surface area contributed by atoms with E-state index in [2.05, 4.69) is 30.3 Å². The standard InChI is InChI=1S/C24H28F2/c25-23-14-22(15-24(26)16-23)21-12-10-20(11-13-21)19-8-6-18(7-9-19)17-4-2-1-3-5-17/h1-5,14-16,18-21H,6-13H2. The van der Waals surface area contributed by atoms with Crippen LogP contribution in [0.4, 0.5) is 8.78 Å². The minimum Gasteiger partial charge on any atom is -0.207 e. The summed E-state index contributed by atoms with van der Waals surface area (Å²) < 4.78 is 27.0. The van der Waals surface area contributed by atoms with Crippen molar-refractivity contribution >= 4 is 0 Å². The van der Waals surface area contributed by atoms with Crippen molar-refractivity contribution in [1.82, 2.24) is 0 Å². The Morgan fingerprint density at radius 1 is 0.538 bits per heavy atom. The first-order valence-corrected chi connectivity index (χ1v) is 10.2. The Morgan fingerprint density at radius 3 is 1.50 bits per heavy atom. The second kappa shape index (κ2) is 7.90. The lowest BCUT2D eigenvalue weighted by molar-refractivity contribution is 0.177. The van der Waals surface area contributed by atoms with Gasteiger partial charge in [0.2, 0.25) is 0 Å². The van der Waals surface area contributed by atoms with Crippen molar-refractivity contribution in [3.63, 3.8) is 0 Å². The SMILES string of the molecule is Fc1cc(F)cc(C2CCC(C3CCC(c4ccccc4)CC3)CC2)c1. The highest BCUT2D eigenvalue weighted by Gasteiger charge is 2.31. The van der Waals surface area contributed by atoms with E-state index in [4.69, 9.17) is 0 Å². The zero-order chi connectivity index (χ0) is 17.9. The first-order valence-electron chi connectivity index (χ1n) is 10.2. The van der Waals surface area contributed by atoms with Crippen molar-refractivity contribution in [2.24, 2.45) is 11.8 Å². The summed E-state index contributed by atoms with van der Waals surface area (Å²) in [6, 6.07) is 15.0. The number of hydrogen-bond donors (Lipinski definition) is 0. The molecule has 2 aliphatic carbocycles. The van der Waals surface area contributed by atoms with Crippen molar-refractivity contribution in [3.05, 3.63) is 71.3 Å². The molecule has 2 aromatic carbocycles. The van der Waals surface area contributed by atoms with Crippen molar-refractivity contribution in [1.29, 1.82) is 0 Å². The highest BCUT2D eigenvalue weighted by atomic mass is 19.1. The van der Waals surface area contributed by atoms with Crippen LogP contribution in [-0.4, -0.2) is 0 Å². The fraction of sp³-hybridized carbons (Fsp3) is 0.500. The Hall–Kier alpha value is -1.70.